The van der Waals surface area contributed by atoms with Crippen molar-refractivity contribution in [2.45, 2.75) is 0 Å². The second-order valence-electron chi connectivity index (χ2n) is 2.47. The van der Waals surface area contributed by atoms with Crippen molar-refractivity contribution < 1.29 is 4.79 Å². The molecule has 0 aliphatic carbocycles. The highest BCUT2D eigenvalue weighted by Crippen LogP contribution is 2.13. The van der Waals surface area contributed by atoms with Crippen LogP contribution in [0.4, 0.5) is 0 Å². The van der Waals surface area contributed by atoms with Gasteiger partial charge in [-0.2, -0.15) is 0 Å². The number of primary amides is 1. The molecule has 0 saturated heterocycles. The Balaban J connectivity index is 2.82. The summed E-state index contributed by atoms with van der Waals surface area (Å²) in [6, 6.07) is 3.68. The second-order valence-corrected chi connectivity index (χ2v) is 2.47. The molecule has 1 amide bonds. The summed E-state index contributed by atoms with van der Waals surface area (Å²) in [5.74, 6) is -0.511. The number of hydrogen-bond donors (Lipinski definition) is 2. The van der Waals surface area contributed by atoms with Crippen molar-refractivity contribution in [3.05, 3.63) is 30.2 Å². The van der Waals surface area contributed by atoms with Gasteiger partial charge in [-0.05, 0) is 12.1 Å². The van der Waals surface area contributed by atoms with Crippen molar-refractivity contribution in [1.29, 1.82) is 0 Å². The van der Waals surface area contributed by atoms with Crippen LogP contribution in [0.15, 0.2) is 24.5 Å². The topological polar surface area (TPSA) is 71.8 Å². The van der Waals surface area contributed by atoms with E-state index in [1.807, 2.05) is 12.1 Å². The van der Waals surface area contributed by atoms with Gasteiger partial charge in [0.2, 0.25) is 0 Å². The van der Waals surface area contributed by atoms with Crippen LogP contribution in [0.1, 0.15) is 10.5 Å². The summed E-state index contributed by atoms with van der Waals surface area (Å²) in [5.41, 5.74) is 6.11. The lowest BCUT2D eigenvalue weighted by Gasteiger charge is -1.95. The van der Waals surface area contributed by atoms with E-state index in [4.69, 9.17) is 5.73 Å². The molecule has 2 rings (SSSR count). The summed E-state index contributed by atoms with van der Waals surface area (Å²) in [4.78, 5) is 17.6. The van der Waals surface area contributed by atoms with Gasteiger partial charge in [-0.25, -0.2) is 4.98 Å². The molecule has 0 unspecified atom stereocenters. The first kappa shape index (κ1) is 6.84. The fraction of sp³-hybridized carbons (Fsp3) is 0. The van der Waals surface area contributed by atoms with Gasteiger partial charge in [0.1, 0.15) is 0 Å². The number of pyridine rings is 1. The molecule has 0 aliphatic rings. The maximum atomic E-state index is 10.9. The van der Waals surface area contributed by atoms with Gasteiger partial charge in [0, 0.05) is 17.8 Å². The molecule has 3 N–H and O–H groups in total. The molecule has 0 aliphatic heterocycles. The first-order valence-corrected chi connectivity index (χ1v) is 3.51. The van der Waals surface area contributed by atoms with E-state index in [-0.39, 0.29) is 5.69 Å². The van der Waals surface area contributed by atoms with Crippen LogP contribution in [-0.2, 0) is 0 Å². The summed E-state index contributed by atoms with van der Waals surface area (Å²) >= 11 is 0. The molecule has 4 heteroatoms. The number of amides is 1. The van der Waals surface area contributed by atoms with E-state index in [9.17, 15) is 4.79 Å². The number of aromatic nitrogens is 2. The molecule has 0 saturated carbocycles. The number of carbonyl (C=O) groups is 1. The van der Waals surface area contributed by atoms with E-state index < -0.39 is 5.91 Å². The van der Waals surface area contributed by atoms with Gasteiger partial charge in [-0.3, -0.25) is 4.79 Å². The SMILES string of the molecule is NC(=O)c1nccc2cc[nH]c12. The maximum absolute atomic E-state index is 10.9. The Bertz CT molecular complexity index is 433. The van der Waals surface area contributed by atoms with E-state index >= 15 is 0 Å². The number of H-pyrrole nitrogens is 1. The predicted molar refractivity (Wildman–Crippen MR) is 44.6 cm³/mol. The van der Waals surface area contributed by atoms with Crippen molar-refractivity contribution in [1.82, 2.24) is 9.97 Å². The standard InChI is InChI=1S/C8H7N3O/c9-8(12)7-6-5(1-3-10-6)2-4-11-7/h1-4,10H,(H2,9,12). The number of aromatic amines is 1. The average Bonchev–Trinajstić information content (AvgIpc) is 2.49. The van der Waals surface area contributed by atoms with Gasteiger partial charge in [-0.1, -0.05) is 0 Å². The van der Waals surface area contributed by atoms with Gasteiger partial charge in [-0.15, -0.1) is 0 Å². The molecule has 0 bridgehead atoms. The minimum absolute atomic E-state index is 0.289. The van der Waals surface area contributed by atoms with Crippen LogP contribution >= 0.6 is 0 Å². The van der Waals surface area contributed by atoms with Crippen LogP contribution in [0.2, 0.25) is 0 Å². The largest absolute Gasteiger partial charge is 0.364 e. The maximum Gasteiger partial charge on any atom is 0.269 e. The lowest BCUT2D eigenvalue weighted by molar-refractivity contribution is 0.0997. The lowest BCUT2D eigenvalue weighted by atomic mass is 10.2. The van der Waals surface area contributed by atoms with Gasteiger partial charge >= 0.3 is 0 Å². The third kappa shape index (κ3) is 0.852. The highest BCUT2D eigenvalue weighted by Gasteiger charge is 2.07. The third-order valence-electron chi connectivity index (χ3n) is 1.71. The molecule has 4 nitrogen and oxygen atoms in total. The quantitative estimate of drug-likeness (QED) is 0.644. The number of hydrogen-bond acceptors (Lipinski definition) is 2. The van der Waals surface area contributed by atoms with Crippen molar-refractivity contribution in [2.75, 3.05) is 0 Å². The number of nitrogens with zero attached hydrogens (tertiary/aromatic N) is 1. The normalized spacial score (nSPS) is 10.3. The first-order chi connectivity index (χ1) is 5.79. The van der Waals surface area contributed by atoms with Crippen LogP contribution in [0.25, 0.3) is 10.9 Å². The zero-order chi connectivity index (χ0) is 8.55. The lowest BCUT2D eigenvalue weighted by Crippen LogP contribution is -2.13. The number of fused-ring (bicyclic) bond motifs is 1. The van der Waals surface area contributed by atoms with Crippen molar-refractivity contribution in [3.8, 4) is 0 Å². The molecule has 0 spiro atoms. The predicted octanol–water partition coefficient (Wildman–Crippen LogP) is 0.662. The minimum Gasteiger partial charge on any atom is -0.364 e. The smallest absolute Gasteiger partial charge is 0.269 e. The zero-order valence-corrected chi connectivity index (χ0v) is 6.24. The third-order valence-corrected chi connectivity index (χ3v) is 1.71. The van der Waals surface area contributed by atoms with Gasteiger partial charge < -0.3 is 10.7 Å². The van der Waals surface area contributed by atoms with Crippen LogP contribution < -0.4 is 5.73 Å². The molecule has 12 heavy (non-hydrogen) atoms. The molecule has 2 aromatic heterocycles. The fourth-order valence-electron chi connectivity index (χ4n) is 1.17. The molecule has 0 fully saturated rings. The summed E-state index contributed by atoms with van der Waals surface area (Å²) in [7, 11) is 0. The Hall–Kier alpha value is -1.84. The monoisotopic (exact) mass is 161 g/mol. The van der Waals surface area contributed by atoms with E-state index in [1.165, 1.54) is 0 Å². The Morgan fingerprint density at radius 1 is 1.50 bits per heavy atom. The highest BCUT2D eigenvalue weighted by molar-refractivity contribution is 6.02. The summed E-state index contributed by atoms with van der Waals surface area (Å²) in [6.07, 6.45) is 3.31. The average molecular weight is 161 g/mol. The van der Waals surface area contributed by atoms with Gasteiger partial charge in [0.05, 0.1) is 5.52 Å². The van der Waals surface area contributed by atoms with E-state index in [0.29, 0.717) is 5.52 Å². The molecular formula is C8H7N3O. The molecule has 2 heterocycles. The van der Waals surface area contributed by atoms with E-state index in [1.54, 1.807) is 12.4 Å². The summed E-state index contributed by atoms with van der Waals surface area (Å²) < 4.78 is 0. The van der Waals surface area contributed by atoms with E-state index in [0.717, 1.165) is 5.39 Å². The fourth-order valence-corrected chi connectivity index (χ4v) is 1.17. The van der Waals surface area contributed by atoms with Crippen molar-refractivity contribution >= 4 is 16.8 Å². The molecule has 0 aromatic carbocycles. The Morgan fingerprint density at radius 3 is 3.08 bits per heavy atom. The van der Waals surface area contributed by atoms with E-state index in [2.05, 4.69) is 9.97 Å². The van der Waals surface area contributed by atoms with Gasteiger partial charge in [0.15, 0.2) is 5.69 Å². The Labute approximate surface area is 68.4 Å². The Kier molecular flexibility index (Phi) is 1.33. The molecular weight excluding hydrogens is 154 g/mol. The summed E-state index contributed by atoms with van der Waals surface area (Å²) in [6.45, 7) is 0. The number of nitrogens with two attached hydrogens (primary N) is 1. The van der Waals surface area contributed by atoms with Crippen LogP contribution in [0.5, 0.6) is 0 Å². The van der Waals surface area contributed by atoms with Crippen LogP contribution in [0.3, 0.4) is 0 Å². The summed E-state index contributed by atoms with van der Waals surface area (Å²) in [5, 5.41) is 0.943. The number of rotatable bonds is 1. The Morgan fingerprint density at radius 2 is 2.33 bits per heavy atom. The van der Waals surface area contributed by atoms with Crippen molar-refractivity contribution in [3.63, 3.8) is 0 Å². The first-order valence-electron chi connectivity index (χ1n) is 3.51. The van der Waals surface area contributed by atoms with Crippen LogP contribution in [-0.4, -0.2) is 15.9 Å². The number of carbonyl (C=O) groups excluding carboxylic acids is 1. The molecule has 2 aromatic rings. The molecule has 0 radical (unpaired) electrons. The molecule has 60 valence electrons. The second kappa shape index (κ2) is 2.34. The molecule has 0 atom stereocenters. The van der Waals surface area contributed by atoms with Crippen molar-refractivity contribution in [2.24, 2.45) is 5.73 Å². The highest BCUT2D eigenvalue weighted by atomic mass is 16.1. The minimum atomic E-state index is -0.511. The number of nitrogens with one attached hydrogen (secondary N) is 1. The van der Waals surface area contributed by atoms with Crippen LogP contribution in [0, 0.1) is 0 Å². The zero-order valence-electron chi connectivity index (χ0n) is 6.24. The van der Waals surface area contributed by atoms with Gasteiger partial charge in [0.25, 0.3) is 5.91 Å².